The normalized spacial score (nSPS) is 21.4. The van der Waals surface area contributed by atoms with Crippen molar-refractivity contribution in [2.24, 2.45) is 0 Å². The van der Waals surface area contributed by atoms with E-state index in [1.165, 1.54) is 0 Å². The molecule has 6 nitrogen and oxygen atoms in total. The molecule has 1 fully saturated rings. The second-order valence-electron chi connectivity index (χ2n) is 5.98. The second-order valence-corrected chi connectivity index (χ2v) is 6.89. The molecule has 0 spiro atoms. The minimum Gasteiger partial charge on any atom is -0.399 e. The molecule has 1 unspecified atom stereocenters. The van der Waals surface area contributed by atoms with Crippen LogP contribution in [-0.2, 0) is 4.74 Å². The van der Waals surface area contributed by atoms with E-state index in [0.29, 0.717) is 5.69 Å². The highest BCUT2D eigenvalue weighted by Crippen LogP contribution is 2.34. The van der Waals surface area contributed by atoms with Crippen molar-refractivity contribution in [3.63, 3.8) is 0 Å². The fraction of sp³-hybridized carbons (Fsp3) is 0.500. The molecule has 1 atom stereocenters. The average Bonchev–Trinajstić information content (AvgIpc) is 2.85. The molecule has 1 aromatic heterocycles. The molecule has 3 rings (SSSR count). The Morgan fingerprint density at radius 3 is 2.90 bits per heavy atom. The van der Waals surface area contributed by atoms with Crippen molar-refractivity contribution in [1.82, 2.24) is 20.2 Å². The van der Waals surface area contributed by atoms with Crippen LogP contribution in [0.15, 0.2) is 22.7 Å². The summed E-state index contributed by atoms with van der Waals surface area (Å²) in [5.74, 6) is 0.741. The lowest BCUT2D eigenvalue weighted by molar-refractivity contribution is -0.0707. The number of benzene rings is 1. The Morgan fingerprint density at radius 1 is 1.38 bits per heavy atom. The number of tetrazole rings is 1. The lowest BCUT2D eigenvalue weighted by atomic mass is 9.94. The van der Waals surface area contributed by atoms with Gasteiger partial charge in [0.1, 0.15) is 0 Å². The second kappa shape index (κ2) is 5.38. The van der Waals surface area contributed by atoms with Crippen LogP contribution in [0.25, 0.3) is 11.4 Å². The molecule has 7 heteroatoms. The number of anilines is 1. The smallest absolute Gasteiger partial charge is 0.182 e. The van der Waals surface area contributed by atoms with Gasteiger partial charge < -0.3 is 10.5 Å². The fourth-order valence-corrected chi connectivity index (χ4v) is 3.29. The van der Waals surface area contributed by atoms with Gasteiger partial charge in [0.15, 0.2) is 5.82 Å². The lowest BCUT2D eigenvalue weighted by Crippen LogP contribution is -2.35. The summed E-state index contributed by atoms with van der Waals surface area (Å²) in [5.41, 5.74) is 7.35. The number of ether oxygens (including phenoxy) is 1. The summed E-state index contributed by atoms with van der Waals surface area (Å²) in [5, 5.41) is 12.2. The number of hydrogen-bond donors (Lipinski definition) is 1. The Balaban J connectivity index is 1.97. The maximum Gasteiger partial charge on any atom is 0.182 e. The van der Waals surface area contributed by atoms with Crippen LogP contribution in [0, 0.1) is 0 Å². The number of nitrogens with zero attached hydrogens (tertiary/aromatic N) is 4. The van der Waals surface area contributed by atoms with Crippen molar-refractivity contribution < 1.29 is 4.74 Å². The molecule has 0 amide bonds. The molecule has 0 radical (unpaired) electrons. The summed E-state index contributed by atoms with van der Waals surface area (Å²) in [6.07, 6.45) is 1.79. The number of nitrogens with two attached hydrogens (primary N) is 1. The van der Waals surface area contributed by atoms with Gasteiger partial charge in [0.25, 0.3) is 0 Å². The Morgan fingerprint density at radius 2 is 2.19 bits per heavy atom. The Hall–Kier alpha value is -1.47. The van der Waals surface area contributed by atoms with Crippen LogP contribution >= 0.6 is 15.9 Å². The van der Waals surface area contributed by atoms with E-state index < -0.39 is 0 Å². The van der Waals surface area contributed by atoms with Gasteiger partial charge in [0, 0.05) is 22.3 Å². The van der Waals surface area contributed by atoms with Gasteiger partial charge in [-0.25, -0.2) is 4.68 Å². The van der Waals surface area contributed by atoms with Gasteiger partial charge in [-0.2, -0.15) is 0 Å². The molecule has 0 bridgehead atoms. The van der Waals surface area contributed by atoms with Crippen LogP contribution in [0.1, 0.15) is 32.7 Å². The van der Waals surface area contributed by atoms with Gasteiger partial charge >= 0.3 is 0 Å². The summed E-state index contributed by atoms with van der Waals surface area (Å²) in [6, 6.07) is 5.95. The van der Waals surface area contributed by atoms with E-state index in [-0.39, 0.29) is 11.6 Å². The van der Waals surface area contributed by atoms with Crippen molar-refractivity contribution in [2.75, 3.05) is 12.3 Å². The first-order valence-corrected chi connectivity index (χ1v) is 7.72. The SMILES string of the molecule is CC1(C)CC(n2nnnc2-c2cc(N)cc(Br)c2)CCO1. The van der Waals surface area contributed by atoms with Crippen molar-refractivity contribution in [3.8, 4) is 11.4 Å². The third-order valence-electron chi connectivity index (χ3n) is 3.69. The van der Waals surface area contributed by atoms with E-state index in [2.05, 4.69) is 45.3 Å². The third-order valence-corrected chi connectivity index (χ3v) is 4.15. The first-order chi connectivity index (χ1) is 9.94. The van der Waals surface area contributed by atoms with E-state index in [1.54, 1.807) is 0 Å². The van der Waals surface area contributed by atoms with E-state index in [0.717, 1.165) is 35.3 Å². The maximum absolute atomic E-state index is 5.91. The van der Waals surface area contributed by atoms with Crippen molar-refractivity contribution in [3.05, 3.63) is 22.7 Å². The highest BCUT2D eigenvalue weighted by molar-refractivity contribution is 9.10. The standard InChI is InChI=1S/C14H18BrN5O/c1-14(2)8-12(3-4-21-14)20-13(17-18-19-20)9-5-10(15)7-11(16)6-9/h5-7,12H,3-4,8,16H2,1-2H3. The van der Waals surface area contributed by atoms with Gasteiger partial charge in [-0.15, -0.1) is 5.10 Å². The molecule has 2 aromatic rings. The van der Waals surface area contributed by atoms with E-state index in [9.17, 15) is 0 Å². The Labute approximate surface area is 131 Å². The monoisotopic (exact) mass is 351 g/mol. The molecule has 0 aliphatic carbocycles. The summed E-state index contributed by atoms with van der Waals surface area (Å²) >= 11 is 3.46. The van der Waals surface area contributed by atoms with Crippen molar-refractivity contribution >= 4 is 21.6 Å². The molecule has 112 valence electrons. The zero-order valence-electron chi connectivity index (χ0n) is 12.1. The van der Waals surface area contributed by atoms with E-state index in [1.807, 2.05) is 22.9 Å². The van der Waals surface area contributed by atoms with Crippen LogP contribution in [-0.4, -0.2) is 32.4 Å². The van der Waals surface area contributed by atoms with Crippen LogP contribution in [0.5, 0.6) is 0 Å². The molecule has 2 N–H and O–H groups in total. The van der Waals surface area contributed by atoms with Crippen molar-refractivity contribution in [1.29, 1.82) is 0 Å². The summed E-state index contributed by atoms with van der Waals surface area (Å²) < 4.78 is 8.58. The predicted molar refractivity (Wildman–Crippen MR) is 83.7 cm³/mol. The number of nitrogen functional groups attached to an aromatic ring is 1. The zero-order chi connectivity index (χ0) is 15.0. The van der Waals surface area contributed by atoms with Gasteiger partial charge in [0.2, 0.25) is 0 Å². The fourth-order valence-electron chi connectivity index (χ4n) is 2.78. The van der Waals surface area contributed by atoms with E-state index >= 15 is 0 Å². The molecular formula is C14H18BrN5O. The Kier molecular flexibility index (Phi) is 3.71. The first-order valence-electron chi connectivity index (χ1n) is 6.93. The number of halogens is 1. The molecular weight excluding hydrogens is 334 g/mol. The van der Waals surface area contributed by atoms with Gasteiger partial charge in [-0.1, -0.05) is 15.9 Å². The summed E-state index contributed by atoms with van der Waals surface area (Å²) in [7, 11) is 0. The van der Waals surface area contributed by atoms with Gasteiger partial charge in [-0.3, -0.25) is 0 Å². The van der Waals surface area contributed by atoms with E-state index in [4.69, 9.17) is 10.5 Å². The zero-order valence-corrected chi connectivity index (χ0v) is 13.7. The lowest BCUT2D eigenvalue weighted by Gasteiger charge is -2.35. The minimum absolute atomic E-state index is 0.150. The highest BCUT2D eigenvalue weighted by atomic mass is 79.9. The van der Waals surface area contributed by atoms with Gasteiger partial charge in [0.05, 0.1) is 11.6 Å². The third kappa shape index (κ3) is 3.08. The molecule has 1 aliphatic rings. The molecule has 1 aliphatic heterocycles. The molecule has 0 saturated carbocycles. The average molecular weight is 352 g/mol. The number of rotatable bonds is 2. The molecule has 21 heavy (non-hydrogen) atoms. The summed E-state index contributed by atoms with van der Waals surface area (Å²) in [6.45, 7) is 4.91. The molecule has 1 saturated heterocycles. The van der Waals surface area contributed by atoms with Crippen molar-refractivity contribution in [2.45, 2.75) is 38.3 Å². The largest absolute Gasteiger partial charge is 0.399 e. The molecule has 1 aromatic carbocycles. The molecule has 2 heterocycles. The predicted octanol–water partition coefficient (Wildman–Crippen LogP) is 2.81. The van der Waals surface area contributed by atoms with Gasteiger partial charge in [-0.05, 0) is 55.3 Å². The number of hydrogen-bond acceptors (Lipinski definition) is 5. The summed E-state index contributed by atoms with van der Waals surface area (Å²) in [4.78, 5) is 0. The quantitative estimate of drug-likeness (QED) is 0.841. The number of aromatic nitrogens is 4. The van der Waals surface area contributed by atoms with Crippen LogP contribution in [0.4, 0.5) is 5.69 Å². The van der Waals surface area contributed by atoms with Crippen LogP contribution in [0.3, 0.4) is 0 Å². The Bertz CT molecular complexity index is 634. The van der Waals surface area contributed by atoms with Crippen LogP contribution in [0.2, 0.25) is 0 Å². The highest BCUT2D eigenvalue weighted by Gasteiger charge is 2.32. The van der Waals surface area contributed by atoms with Crippen LogP contribution < -0.4 is 5.73 Å². The topological polar surface area (TPSA) is 78.9 Å². The first kappa shape index (κ1) is 14.5. The maximum atomic E-state index is 5.91. The minimum atomic E-state index is -0.150.